The smallest absolute Gasteiger partial charge is 0.338 e. The quantitative estimate of drug-likeness (QED) is 0.819. The maximum absolute atomic E-state index is 13.3. The Morgan fingerprint density at radius 2 is 1.95 bits per heavy atom. The topological polar surface area (TPSA) is 53.1 Å². The number of aryl methyl sites for hydroxylation is 2. The van der Waals surface area contributed by atoms with Crippen molar-refractivity contribution in [1.82, 2.24) is 4.98 Å². The molecule has 3 nitrogen and oxygen atoms in total. The second-order valence-corrected chi connectivity index (χ2v) is 4.75. The van der Waals surface area contributed by atoms with Crippen molar-refractivity contribution in [2.45, 2.75) is 13.8 Å². The number of nitrogens with one attached hydrogen (secondary N) is 1. The summed E-state index contributed by atoms with van der Waals surface area (Å²) >= 11 is 5.02. The summed E-state index contributed by atoms with van der Waals surface area (Å²) in [6, 6.07) is 6.24. The molecule has 0 aliphatic heterocycles. The Kier molecular flexibility index (Phi) is 3.48. The van der Waals surface area contributed by atoms with E-state index in [0.717, 1.165) is 11.1 Å². The van der Waals surface area contributed by atoms with Gasteiger partial charge in [-0.3, -0.25) is 0 Å². The van der Waals surface area contributed by atoms with Crippen LogP contribution < -0.4 is 0 Å². The van der Waals surface area contributed by atoms with Gasteiger partial charge in [0.15, 0.2) is 0 Å². The highest BCUT2D eigenvalue weighted by atomic mass is 32.1. The molecule has 0 aliphatic rings. The molecule has 0 unspecified atom stereocenters. The fourth-order valence-corrected chi connectivity index (χ4v) is 2.14. The first kappa shape index (κ1) is 13.4. The third-order valence-corrected chi connectivity index (χ3v) is 3.24. The molecule has 1 aromatic heterocycles. The maximum atomic E-state index is 13.3. The highest BCUT2D eigenvalue weighted by Gasteiger charge is 2.11. The maximum Gasteiger partial charge on any atom is 0.338 e. The lowest BCUT2D eigenvalue weighted by atomic mass is 10.0. The minimum atomic E-state index is -1.06. The van der Waals surface area contributed by atoms with Gasteiger partial charge in [-0.1, -0.05) is 12.2 Å². The van der Waals surface area contributed by atoms with E-state index in [2.05, 4.69) is 4.98 Å². The SMILES string of the molecule is Cc1cc(-c2[nH]c(=S)c(C(=O)O)cc2C)ccc1F. The summed E-state index contributed by atoms with van der Waals surface area (Å²) in [5.74, 6) is -1.34. The van der Waals surface area contributed by atoms with E-state index in [9.17, 15) is 9.18 Å². The highest BCUT2D eigenvalue weighted by Crippen LogP contribution is 2.24. The number of aromatic amines is 1. The zero-order valence-corrected chi connectivity index (χ0v) is 11.3. The highest BCUT2D eigenvalue weighted by molar-refractivity contribution is 7.71. The van der Waals surface area contributed by atoms with Gasteiger partial charge in [0, 0.05) is 5.69 Å². The van der Waals surface area contributed by atoms with Crippen LogP contribution >= 0.6 is 12.2 Å². The van der Waals surface area contributed by atoms with Crippen molar-refractivity contribution in [3.63, 3.8) is 0 Å². The van der Waals surface area contributed by atoms with Gasteiger partial charge < -0.3 is 10.1 Å². The third-order valence-electron chi connectivity index (χ3n) is 2.92. The lowest BCUT2D eigenvalue weighted by molar-refractivity contribution is 0.0695. The van der Waals surface area contributed by atoms with Crippen LogP contribution in [0.25, 0.3) is 11.3 Å². The molecule has 0 saturated heterocycles. The molecule has 0 radical (unpaired) electrons. The Morgan fingerprint density at radius 1 is 1.26 bits per heavy atom. The van der Waals surface area contributed by atoms with Crippen LogP contribution in [0.3, 0.4) is 0 Å². The fraction of sp³-hybridized carbons (Fsp3) is 0.143. The van der Waals surface area contributed by atoms with Gasteiger partial charge in [-0.2, -0.15) is 0 Å². The first-order valence-electron chi connectivity index (χ1n) is 5.64. The zero-order valence-electron chi connectivity index (χ0n) is 10.5. The van der Waals surface area contributed by atoms with Gasteiger partial charge in [0.1, 0.15) is 10.5 Å². The van der Waals surface area contributed by atoms with E-state index in [1.807, 2.05) is 0 Å². The summed E-state index contributed by atoms with van der Waals surface area (Å²) in [7, 11) is 0. The molecular weight excluding hydrogens is 265 g/mol. The van der Waals surface area contributed by atoms with Crippen molar-refractivity contribution in [1.29, 1.82) is 0 Å². The molecule has 1 aromatic carbocycles. The summed E-state index contributed by atoms with van der Waals surface area (Å²) < 4.78 is 13.4. The molecule has 19 heavy (non-hydrogen) atoms. The molecule has 5 heteroatoms. The summed E-state index contributed by atoms with van der Waals surface area (Å²) in [4.78, 5) is 13.9. The van der Waals surface area contributed by atoms with Crippen molar-refractivity contribution in [3.8, 4) is 11.3 Å². The number of hydrogen-bond acceptors (Lipinski definition) is 2. The Balaban J connectivity index is 2.63. The van der Waals surface area contributed by atoms with Gasteiger partial charge in [-0.05, 0) is 54.8 Å². The Bertz CT molecular complexity index is 722. The standard InChI is InChI=1S/C14H12FNO2S/c1-7-5-9(3-4-11(7)15)12-8(2)6-10(14(17)18)13(19)16-12/h3-6H,1-2H3,(H,16,19)(H,17,18). The van der Waals surface area contributed by atoms with Crippen LogP contribution in [0, 0.1) is 24.3 Å². The lowest BCUT2D eigenvalue weighted by Crippen LogP contribution is -2.02. The second kappa shape index (κ2) is 4.93. The molecular formula is C14H12FNO2S. The van der Waals surface area contributed by atoms with Crippen LogP contribution in [0.5, 0.6) is 0 Å². The molecule has 0 bridgehead atoms. The van der Waals surface area contributed by atoms with Crippen LogP contribution in [-0.4, -0.2) is 16.1 Å². The van der Waals surface area contributed by atoms with Crippen LogP contribution in [-0.2, 0) is 0 Å². The van der Waals surface area contributed by atoms with Crippen LogP contribution in [0.2, 0.25) is 0 Å². The van der Waals surface area contributed by atoms with Crippen molar-refractivity contribution in [2.75, 3.05) is 0 Å². The average molecular weight is 277 g/mol. The minimum absolute atomic E-state index is 0.0649. The summed E-state index contributed by atoms with van der Waals surface area (Å²) in [6.07, 6.45) is 0. The summed E-state index contributed by atoms with van der Waals surface area (Å²) in [5.41, 5.74) is 2.82. The molecule has 0 aliphatic carbocycles. The predicted octanol–water partition coefficient (Wildman–Crippen LogP) is 3.87. The van der Waals surface area contributed by atoms with Crippen molar-refractivity contribution in [2.24, 2.45) is 0 Å². The Labute approximate surface area is 114 Å². The largest absolute Gasteiger partial charge is 0.478 e. The molecule has 1 heterocycles. The Hall–Kier alpha value is -2.01. The number of pyridine rings is 1. The summed E-state index contributed by atoms with van der Waals surface area (Å²) in [6.45, 7) is 3.46. The molecule has 2 rings (SSSR count). The molecule has 0 spiro atoms. The molecule has 0 fully saturated rings. The molecule has 0 atom stereocenters. The van der Waals surface area contributed by atoms with E-state index in [1.54, 1.807) is 26.0 Å². The van der Waals surface area contributed by atoms with E-state index < -0.39 is 5.97 Å². The number of carboxylic acids is 1. The van der Waals surface area contributed by atoms with Crippen molar-refractivity contribution < 1.29 is 14.3 Å². The lowest BCUT2D eigenvalue weighted by Gasteiger charge is -2.09. The number of rotatable bonds is 2. The van der Waals surface area contributed by atoms with Crippen LogP contribution in [0.4, 0.5) is 4.39 Å². The van der Waals surface area contributed by atoms with E-state index in [-0.39, 0.29) is 16.0 Å². The van der Waals surface area contributed by atoms with Crippen LogP contribution in [0.1, 0.15) is 21.5 Å². The number of aromatic nitrogens is 1. The number of halogens is 1. The van der Waals surface area contributed by atoms with Gasteiger partial charge in [0.25, 0.3) is 0 Å². The molecule has 0 amide bonds. The number of H-pyrrole nitrogens is 1. The van der Waals surface area contributed by atoms with Gasteiger partial charge in [0.05, 0.1) is 5.56 Å². The molecule has 2 N–H and O–H groups in total. The first-order valence-corrected chi connectivity index (χ1v) is 6.04. The van der Waals surface area contributed by atoms with Crippen LogP contribution in [0.15, 0.2) is 24.3 Å². The van der Waals surface area contributed by atoms with Gasteiger partial charge in [0.2, 0.25) is 0 Å². The number of hydrogen-bond donors (Lipinski definition) is 2. The van der Waals surface area contributed by atoms with E-state index in [1.165, 1.54) is 12.1 Å². The number of benzene rings is 1. The summed E-state index contributed by atoms with van der Waals surface area (Å²) in [5, 5.41) is 9.00. The molecule has 98 valence electrons. The number of carboxylic acid groups (broad SMARTS) is 1. The first-order chi connectivity index (χ1) is 8.90. The molecule has 2 aromatic rings. The fourth-order valence-electron chi connectivity index (χ4n) is 1.89. The van der Waals surface area contributed by atoms with Gasteiger partial charge in [-0.15, -0.1) is 0 Å². The predicted molar refractivity (Wildman–Crippen MR) is 73.5 cm³/mol. The van der Waals surface area contributed by atoms with Crippen molar-refractivity contribution in [3.05, 3.63) is 51.4 Å². The normalized spacial score (nSPS) is 10.5. The van der Waals surface area contributed by atoms with Gasteiger partial charge >= 0.3 is 5.97 Å². The second-order valence-electron chi connectivity index (χ2n) is 4.34. The van der Waals surface area contributed by atoms with Crippen molar-refractivity contribution >= 4 is 18.2 Å². The average Bonchev–Trinajstić information content (AvgIpc) is 2.35. The third kappa shape index (κ3) is 2.56. The number of aromatic carboxylic acids is 1. The van der Waals surface area contributed by atoms with E-state index >= 15 is 0 Å². The van der Waals surface area contributed by atoms with E-state index in [4.69, 9.17) is 17.3 Å². The van der Waals surface area contributed by atoms with E-state index in [0.29, 0.717) is 11.3 Å². The van der Waals surface area contributed by atoms with Gasteiger partial charge in [-0.25, -0.2) is 9.18 Å². The molecule has 0 saturated carbocycles. The monoisotopic (exact) mass is 277 g/mol. The number of carbonyl (C=O) groups is 1. The zero-order chi connectivity index (χ0) is 14.2. The Morgan fingerprint density at radius 3 is 2.53 bits per heavy atom. The minimum Gasteiger partial charge on any atom is -0.478 e.